The second-order valence-electron chi connectivity index (χ2n) is 2.39. The van der Waals surface area contributed by atoms with Gasteiger partial charge in [-0.2, -0.15) is 5.26 Å². The Labute approximate surface area is 64.3 Å². The van der Waals surface area contributed by atoms with Crippen LogP contribution in [0.3, 0.4) is 0 Å². The van der Waals surface area contributed by atoms with E-state index >= 15 is 0 Å². The topological polar surface area (TPSA) is 64.3 Å². The van der Waals surface area contributed by atoms with E-state index < -0.39 is 6.09 Å². The maximum Gasteiger partial charge on any atom is 0.407 e. The third kappa shape index (κ3) is 1.71. The number of hydrogen-bond acceptors (Lipinski definition) is 2. The summed E-state index contributed by atoms with van der Waals surface area (Å²) in [6.07, 6.45) is 1.20. The minimum Gasteiger partial charge on any atom is -0.465 e. The zero-order valence-corrected chi connectivity index (χ0v) is 5.95. The van der Waals surface area contributed by atoms with Gasteiger partial charge in [0.1, 0.15) is 0 Å². The van der Waals surface area contributed by atoms with E-state index in [1.165, 1.54) is 11.0 Å². The van der Waals surface area contributed by atoms with Crippen LogP contribution in [-0.2, 0) is 0 Å². The Kier molecular flexibility index (Phi) is 2.12. The normalized spacial score (nSPS) is 20.3. The van der Waals surface area contributed by atoms with Crippen LogP contribution >= 0.6 is 0 Å². The molecule has 0 radical (unpaired) electrons. The van der Waals surface area contributed by atoms with E-state index in [1.54, 1.807) is 0 Å². The van der Waals surface area contributed by atoms with Crippen LogP contribution in [0.2, 0.25) is 0 Å². The van der Waals surface area contributed by atoms with E-state index in [-0.39, 0.29) is 0 Å². The molecule has 4 nitrogen and oxygen atoms in total. The van der Waals surface area contributed by atoms with Crippen molar-refractivity contribution in [3.8, 4) is 6.07 Å². The molecule has 4 heteroatoms. The number of carboxylic acid groups (broad SMARTS) is 1. The third-order valence-electron chi connectivity index (χ3n) is 1.64. The van der Waals surface area contributed by atoms with Crippen molar-refractivity contribution in [1.29, 1.82) is 5.26 Å². The molecule has 1 aliphatic rings. The summed E-state index contributed by atoms with van der Waals surface area (Å²) in [5.41, 5.74) is 0.898. The van der Waals surface area contributed by atoms with Gasteiger partial charge >= 0.3 is 6.09 Å². The molecular formula is C7H8N2O2. The molecule has 1 fully saturated rings. The Morgan fingerprint density at radius 1 is 1.82 bits per heavy atom. The number of amides is 1. The summed E-state index contributed by atoms with van der Waals surface area (Å²) < 4.78 is 0. The molecule has 0 aliphatic carbocycles. The van der Waals surface area contributed by atoms with Gasteiger partial charge in [0.15, 0.2) is 0 Å². The van der Waals surface area contributed by atoms with Gasteiger partial charge in [-0.05, 0) is 12.0 Å². The van der Waals surface area contributed by atoms with Gasteiger partial charge in [0.05, 0.1) is 6.07 Å². The number of rotatable bonds is 0. The second kappa shape index (κ2) is 3.06. The van der Waals surface area contributed by atoms with Gasteiger partial charge in [-0.15, -0.1) is 0 Å². The summed E-state index contributed by atoms with van der Waals surface area (Å²) in [5.74, 6) is 0. The SMILES string of the molecule is N#CC=C1CCN(C(=O)O)C1. The molecule has 11 heavy (non-hydrogen) atoms. The molecular weight excluding hydrogens is 144 g/mol. The van der Waals surface area contributed by atoms with Crippen molar-refractivity contribution in [1.82, 2.24) is 4.90 Å². The fourth-order valence-corrected chi connectivity index (χ4v) is 1.05. The largest absolute Gasteiger partial charge is 0.465 e. The van der Waals surface area contributed by atoms with Crippen molar-refractivity contribution in [2.75, 3.05) is 13.1 Å². The number of carbonyl (C=O) groups is 1. The molecule has 0 unspecified atom stereocenters. The first-order chi connectivity index (χ1) is 5.24. The Hall–Kier alpha value is -1.50. The molecule has 1 aliphatic heterocycles. The van der Waals surface area contributed by atoms with Crippen LogP contribution in [-0.4, -0.2) is 29.2 Å². The highest BCUT2D eigenvalue weighted by molar-refractivity contribution is 5.66. The van der Waals surface area contributed by atoms with Crippen molar-refractivity contribution in [2.45, 2.75) is 6.42 Å². The Morgan fingerprint density at radius 3 is 3.00 bits per heavy atom. The van der Waals surface area contributed by atoms with Gasteiger partial charge in [-0.1, -0.05) is 0 Å². The lowest BCUT2D eigenvalue weighted by molar-refractivity contribution is 0.156. The summed E-state index contributed by atoms with van der Waals surface area (Å²) in [6, 6.07) is 1.89. The average Bonchev–Trinajstić information content (AvgIpc) is 2.37. The van der Waals surface area contributed by atoms with E-state index in [2.05, 4.69) is 0 Å². The van der Waals surface area contributed by atoms with Gasteiger partial charge in [0.2, 0.25) is 0 Å². The molecule has 0 bridgehead atoms. The monoisotopic (exact) mass is 152 g/mol. The molecule has 0 saturated carbocycles. The predicted octanol–water partition coefficient (Wildman–Crippen LogP) is 0.820. The summed E-state index contributed by atoms with van der Waals surface area (Å²) in [4.78, 5) is 11.7. The van der Waals surface area contributed by atoms with Gasteiger partial charge in [0.25, 0.3) is 0 Å². The first kappa shape index (κ1) is 7.61. The highest BCUT2D eigenvalue weighted by Crippen LogP contribution is 2.13. The van der Waals surface area contributed by atoms with Gasteiger partial charge in [-0.3, -0.25) is 0 Å². The van der Waals surface area contributed by atoms with Gasteiger partial charge in [0, 0.05) is 19.2 Å². The van der Waals surface area contributed by atoms with Gasteiger partial charge in [-0.25, -0.2) is 4.79 Å². The lowest BCUT2D eigenvalue weighted by Crippen LogP contribution is -2.25. The van der Waals surface area contributed by atoms with Crippen LogP contribution in [0.5, 0.6) is 0 Å². The van der Waals surface area contributed by atoms with E-state index in [1.807, 2.05) is 6.07 Å². The molecule has 0 spiro atoms. The van der Waals surface area contributed by atoms with Crippen molar-refractivity contribution in [3.05, 3.63) is 11.6 Å². The quantitative estimate of drug-likeness (QED) is 0.522. The molecule has 0 aromatic carbocycles. The number of nitriles is 1. The maximum absolute atomic E-state index is 10.4. The van der Waals surface area contributed by atoms with E-state index in [0.29, 0.717) is 19.5 Å². The smallest absolute Gasteiger partial charge is 0.407 e. The zero-order valence-electron chi connectivity index (χ0n) is 5.95. The highest BCUT2D eigenvalue weighted by atomic mass is 16.4. The molecule has 1 saturated heterocycles. The fraction of sp³-hybridized carbons (Fsp3) is 0.429. The molecule has 0 aromatic rings. The van der Waals surface area contributed by atoms with Crippen molar-refractivity contribution in [3.63, 3.8) is 0 Å². The van der Waals surface area contributed by atoms with Crippen LogP contribution < -0.4 is 0 Å². The van der Waals surface area contributed by atoms with E-state index in [9.17, 15) is 4.79 Å². The molecule has 58 valence electrons. The minimum atomic E-state index is -0.911. The summed E-state index contributed by atoms with van der Waals surface area (Å²) in [7, 11) is 0. The molecule has 1 N–H and O–H groups in total. The van der Waals surface area contributed by atoms with Crippen LogP contribution in [0, 0.1) is 11.3 Å². The van der Waals surface area contributed by atoms with Gasteiger partial charge < -0.3 is 10.0 Å². The van der Waals surface area contributed by atoms with Crippen molar-refractivity contribution < 1.29 is 9.90 Å². The Morgan fingerprint density at radius 2 is 2.55 bits per heavy atom. The number of likely N-dealkylation sites (tertiary alicyclic amines) is 1. The average molecular weight is 152 g/mol. The standard InChI is InChI=1S/C7H8N2O2/c8-3-1-6-2-4-9(5-6)7(10)11/h1H,2,4-5H2,(H,10,11). The summed E-state index contributed by atoms with van der Waals surface area (Å²) >= 11 is 0. The first-order valence-corrected chi connectivity index (χ1v) is 3.29. The third-order valence-corrected chi connectivity index (χ3v) is 1.64. The predicted molar refractivity (Wildman–Crippen MR) is 37.9 cm³/mol. The van der Waals surface area contributed by atoms with E-state index in [0.717, 1.165) is 5.57 Å². The Balaban J connectivity index is 2.55. The minimum absolute atomic E-state index is 0.392. The fourth-order valence-electron chi connectivity index (χ4n) is 1.05. The lowest BCUT2D eigenvalue weighted by atomic mass is 10.2. The van der Waals surface area contributed by atoms with Crippen LogP contribution in [0.1, 0.15) is 6.42 Å². The molecule has 1 heterocycles. The highest BCUT2D eigenvalue weighted by Gasteiger charge is 2.19. The Bertz CT molecular complexity index is 239. The number of hydrogen-bond donors (Lipinski definition) is 1. The molecule has 1 amide bonds. The zero-order chi connectivity index (χ0) is 8.27. The van der Waals surface area contributed by atoms with E-state index in [4.69, 9.17) is 10.4 Å². The number of allylic oxidation sites excluding steroid dienone is 1. The van der Waals surface area contributed by atoms with Crippen LogP contribution in [0.25, 0.3) is 0 Å². The maximum atomic E-state index is 10.4. The van der Waals surface area contributed by atoms with Crippen molar-refractivity contribution >= 4 is 6.09 Å². The first-order valence-electron chi connectivity index (χ1n) is 3.29. The van der Waals surface area contributed by atoms with Crippen LogP contribution in [0.4, 0.5) is 4.79 Å². The summed E-state index contributed by atoms with van der Waals surface area (Å²) in [6.45, 7) is 0.908. The summed E-state index contributed by atoms with van der Waals surface area (Å²) in [5, 5.41) is 16.8. The molecule has 0 atom stereocenters. The van der Waals surface area contributed by atoms with Crippen molar-refractivity contribution in [2.24, 2.45) is 0 Å². The van der Waals surface area contributed by atoms with Crippen LogP contribution in [0.15, 0.2) is 11.6 Å². The lowest BCUT2D eigenvalue weighted by Gasteiger charge is -2.07. The molecule has 1 rings (SSSR count). The second-order valence-corrected chi connectivity index (χ2v) is 2.39. The number of nitrogens with zero attached hydrogens (tertiary/aromatic N) is 2. The molecule has 0 aromatic heterocycles.